The van der Waals surface area contributed by atoms with E-state index in [1.807, 2.05) is 6.07 Å². The van der Waals surface area contributed by atoms with Crippen molar-refractivity contribution in [2.75, 3.05) is 32.8 Å². The Morgan fingerprint density at radius 3 is 2.96 bits per heavy atom. The first-order chi connectivity index (χ1) is 11.9. The molecule has 2 rings (SSSR count). The zero-order valence-electron chi connectivity index (χ0n) is 15.1. The van der Waals surface area contributed by atoms with Crippen LogP contribution in [0, 0.1) is 17.8 Å². The molecule has 1 aromatic carbocycles. The van der Waals surface area contributed by atoms with Crippen LogP contribution in [0.25, 0.3) is 0 Å². The maximum atomic E-state index is 12.3. The van der Waals surface area contributed by atoms with Crippen molar-refractivity contribution >= 4 is 5.91 Å². The van der Waals surface area contributed by atoms with Crippen LogP contribution in [0.1, 0.15) is 42.6 Å². The number of carbonyl (C=O) groups excluding carboxylic acids is 1. The molecule has 3 N–H and O–H groups in total. The smallest absolute Gasteiger partial charge is 0.251 e. The highest BCUT2D eigenvalue weighted by Gasteiger charge is 2.18. The van der Waals surface area contributed by atoms with Crippen molar-refractivity contribution in [2.24, 2.45) is 5.92 Å². The number of piperidine rings is 1. The Morgan fingerprint density at radius 1 is 1.44 bits per heavy atom. The van der Waals surface area contributed by atoms with E-state index in [0.717, 1.165) is 32.5 Å². The molecule has 0 spiro atoms. The third kappa shape index (κ3) is 6.87. The summed E-state index contributed by atoms with van der Waals surface area (Å²) in [6, 6.07) is 7.10. The molecule has 136 valence electrons. The molecule has 25 heavy (non-hydrogen) atoms. The lowest BCUT2D eigenvalue weighted by Gasteiger charge is -2.31. The fraction of sp³-hybridized carbons (Fsp3) is 0.550. The van der Waals surface area contributed by atoms with E-state index in [1.165, 1.54) is 0 Å². The maximum Gasteiger partial charge on any atom is 0.251 e. The second-order valence-corrected chi connectivity index (χ2v) is 7.14. The fourth-order valence-corrected chi connectivity index (χ4v) is 2.90. The number of hydrogen-bond acceptors (Lipinski definition) is 4. The number of rotatable bonds is 5. The lowest BCUT2D eigenvalue weighted by atomic mass is 9.99. The molecule has 1 aliphatic heterocycles. The van der Waals surface area contributed by atoms with Crippen molar-refractivity contribution in [3.63, 3.8) is 0 Å². The van der Waals surface area contributed by atoms with E-state index in [9.17, 15) is 15.0 Å². The van der Waals surface area contributed by atoms with Gasteiger partial charge in [-0.1, -0.05) is 17.9 Å². The second-order valence-electron chi connectivity index (χ2n) is 7.14. The first-order valence-corrected chi connectivity index (χ1v) is 8.84. The van der Waals surface area contributed by atoms with Gasteiger partial charge in [-0.15, -0.1) is 0 Å². The van der Waals surface area contributed by atoms with Crippen LogP contribution in [0.15, 0.2) is 24.3 Å². The lowest BCUT2D eigenvalue weighted by molar-refractivity contribution is 0.0930. The Morgan fingerprint density at radius 2 is 2.24 bits per heavy atom. The quantitative estimate of drug-likeness (QED) is 0.703. The molecule has 1 aromatic rings. The first-order valence-electron chi connectivity index (χ1n) is 8.84. The predicted octanol–water partition coefficient (Wildman–Crippen LogP) is 1.24. The van der Waals surface area contributed by atoms with Gasteiger partial charge < -0.3 is 20.4 Å². The summed E-state index contributed by atoms with van der Waals surface area (Å²) in [6.45, 7) is 6.78. The topological polar surface area (TPSA) is 72.8 Å². The number of nitrogens with zero attached hydrogens (tertiary/aromatic N) is 1. The monoisotopic (exact) mass is 344 g/mol. The normalized spacial score (nSPS) is 18.3. The van der Waals surface area contributed by atoms with Crippen LogP contribution in [-0.2, 0) is 0 Å². The SMILES string of the molecule is CC(C)(O)C#Cc1cccc(C(=O)NCCN2CCCC(CO)C2)c1. The summed E-state index contributed by atoms with van der Waals surface area (Å²) in [5.74, 6) is 5.87. The van der Waals surface area contributed by atoms with Gasteiger partial charge in [0.15, 0.2) is 0 Å². The molecule has 1 saturated heterocycles. The summed E-state index contributed by atoms with van der Waals surface area (Å²) in [5.41, 5.74) is 0.213. The minimum atomic E-state index is -1.06. The molecule has 0 saturated carbocycles. The van der Waals surface area contributed by atoms with Gasteiger partial charge in [0.05, 0.1) is 0 Å². The van der Waals surface area contributed by atoms with Crippen molar-refractivity contribution in [3.05, 3.63) is 35.4 Å². The summed E-state index contributed by atoms with van der Waals surface area (Å²) >= 11 is 0. The average Bonchev–Trinajstić information content (AvgIpc) is 2.60. The number of benzene rings is 1. The van der Waals surface area contributed by atoms with Crippen molar-refractivity contribution < 1.29 is 15.0 Å². The standard InChI is InChI=1S/C20H28N2O3/c1-20(2,25)9-8-16-5-3-7-18(13-16)19(24)21-10-12-22-11-4-6-17(14-22)15-23/h3,5,7,13,17,23,25H,4,6,10-12,14-15H2,1-2H3,(H,21,24). The van der Waals surface area contributed by atoms with Gasteiger partial charge in [0.2, 0.25) is 0 Å². The van der Waals surface area contributed by atoms with Gasteiger partial charge in [-0.3, -0.25) is 4.79 Å². The first kappa shape index (κ1) is 19.5. The van der Waals surface area contributed by atoms with Crippen molar-refractivity contribution in [1.29, 1.82) is 0 Å². The van der Waals surface area contributed by atoms with Crippen molar-refractivity contribution in [2.45, 2.75) is 32.3 Å². The van der Waals surface area contributed by atoms with Crippen molar-refractivity contribution in [1.82, 2.24) is 10.2 Å². The molecule has 1 amide bonds. The van der Waals surface area contributed by atoms with Gasteiger partial charge >= 0.3 is 0 Å². The molecule has 1 aliphatic rings. The number of hydrogen-bond donors (Lipinski definition) is 3. The number of likely N-dealkylation sites (tertiary alicyclic amines) is 1. The average molecular weight is 344 g/mol. The van der Waals surface area contributed by atoms with E-state index in [-0.39, 0.29) is 12.5 Å². The van der Waals surface area contributed by atoms with Crippen LogP contribution in [-0.4, -0.2) is 59.4 Å². The zero-order chi connectivity index (χ0) is 18.3. The molecule has 1 fully saturated rings. The van der Waals surface area contributed by atoms with Gasteiger partial charge in [-0.05, 0) is 57.4 Å². The van der Waals surface area contributed by atoms with E-state index >= 15 is 0 Å². The van der Waals surface area contributed by atoms with Crippen molar-refractivity contribution in [3.8, 4) is 11.8 Å². The summed E-state index contributed by atoms with van der Waals surface area (Å²) in [4.78, 5) is 14.6. The highest BCUT2D eigenvalue weighted by molar-refractivity contribution is 5.94. The summed E-state index contributed by atoms with van der Waals surface area (Å²) in [6.07, 6.45) is 2.18. The number of nitrogens with one attached hydrogen (secondary N) is 1. The fourth-order valence-electron chi connectivity index (χ4n) is 2.90. The second kappa shape index (κ2) is 9.00. The molecule has 5 nitrogen and oxygen atoms in total. The van der Waals surface area contributed by atoms with E-state index < -0.39 is 5.60 Å². The Labute approximate surface area is 150 Å². The summed E-state index contributed by atoms with van der Waals surface area (Å²) in [5, 5.41) is 21.9. The minimum absolute atomic E-state index is 0.123. The van der Waals surface area contributed by atoms with Gasteiger partial charge in [0.25, 0.3) is 5.91 Å². The number of amides is 1. The largest absolute Gasteiger partial charge is 0.396 e. The molecule has 0 radical (unpaired) electrons. The van der Waals surface area contributed by atoms with Crippen LogP contribution >= 0.6 is 0 Å². The summed E-state index contributed by atoms with van der Waals surface area (Å²) in [7, 11) is 0. The number of aliphatic hydroxyl groups excluding tert-OH is 1. The molecule has 1 atom stereocenters. The van der Waals surface area contributed by atoms with Crippen LogP contribution < -0.4 is 5.32 Å². The number of carbonyl (C=O) groups is 1. The van der Waals surface area contributed by atoms with Gasteiger partial charge in [0.1, 0.15) is 5.60 Å². The van der Waals surface area contributed by atoms with Gasteiger partial charge in [-0.2, -0.15) is 0 Å². The van der Waals surface area contributed by atoms with E-state index in [1.54, 1.807) is 32.0 Å². The third-order valence-electron chi connectivity index (χ3n) is 4.21. The van der Waals surface area contributed by atoms with Crippen LogP contribution in [0.3, 0.4) is 0 Å². The Bertz CT molecular complexity index is 640. The van der Waals surface area contributed by atoms with Gasteiger partial charge in [-0.25, -0.2) is 0 Å². The van der Waals surface area contributed by atoms with E-state index in [0.29, 0.717) is 23.6 Å². The molecule has 1 heterocycles. The van der Waals surface area contributed by atoms with Crippen LogP contribution in [0.4, 0.5) is 0 Å². The van der Waals surface area contributed by atoms with E-state index in [4.69, 9.17) is 0 Å². The summed E-state index contributed by atoms with van der Waals surface area (Å²) < 4.78 is 0. The predicted molar refractivity (Wildman–Crippen MR) is 98.2 cm³/mol. The lowest BCUT2D eigenvalue weighted by Crippen LogP contribution is -2.41. The van der Waals surface area contributed by atoms with Crippen LogP contribution in [0.5, 0.6) is 0 Å². The minimum Gasteiger partial charge on any atom is -0.396 e. The Hall–Kier alpha value is -1.87. The Kier molecular flexibility index (Phi) is 7.01. The molecule has 0 bridgehead atoms. The maximum absolute atomic E-state index is 12.3. The van der Waals surface area contributed by atoms with E-state index in [2.05, 4.69) is 22.1 Å². The van der Waals surface area contributed by atoms with Gasteiger partial charge in [0, 0.05) is 37.4 Å². The molecular formula is C20H28N2O3. The Balaban J connectivity index is 1.85. The van der Waals surface area contributed by atoms with Crippen LogP contribution in [0.2, 0.25) is 0 Å². The number of aliphatic hydroxyl groups is 2. The third-order valence-corrected chi connectivity index (χ3v) is 4.21. The highest BCUT2D eigenvalue weighted by atomic mass is 16.3. The molecule has 0 aromatic heterocycles. The molecule has 1 unspecified atom stereocenters. The zero-order valence-corrected chi connectivity index (χ0v) is 15.1. The molecule has 5 heteroatoms. The molecule has 0 aliphatic carbocycles. The molecular weight excluding hydrogens is 316 g/mol. The highest BCUT2D eigenvalue weighted by Crippen LogP contribution is 2.15.